The third kappa shape index (κ3) is 4.91. The maximum atomic E-state index is 11.8. The number of hydrogen-bond donors (Lipinski definition) is 5. The topological polar surface area (TPSA) is 128 Å². The molecule has 0 radical (unpaired) electrons. The summed E-state index contributed by atoms with van der Waals surface area (Å²) in [5, 5.41) is 33.4. The lowest BCUT2D eigenvalue weighted by atomic mass is 10.2. The van der Waals surface area contributed by atoms with E-state index in [1.807, 2.05) is 0 Å². The molecule has 0 saturated heterocycles. The van der Waals surface area contributed by atoms with Crippen molar-refractivity contribution >= 4 is 34.0 Å². The Kier molecular flexibility index (Phi) is 6.31. The van der Waals surface area contributed by atoms with Crippen LogP contribution in [0.5, 0.6) is 5.88 Å². The van der Waals surface area contributed by atoms with Gasteiger partial charge in [-0.3, -0.25) is 5.41 Å². The summed E-state index contributed by atoms with van der Waals surface area (Å²) in [5.74, 6) is -0.766. The van der Waals surface area contributed by atoms with E-state index in [2.05, 4.69) is 15.0 Å². The lowest BCUT2D eigenvalue weighted by Gasteiger charge is -2.11. The van der Waals surface area contributed by atoms with Crippen molar-refractivity contribution in [1.29, 1.82) is 5.41 Å². The third-order valence-corrected chi connectivity index (χ3v) is 3.88. The summed E-state index contributed by atoms with van der Waals surface area (Å²) in [6, 6.07) is 6.70. The Hall–Kier alpha value is -2.65. The molecule has 9 heteroatoms. The molecule has 1 atom stereocenters. The number of amidine groups is 1. The number of nitrogens with zero attached hydrogens (tertiary/aromatic N) is 1. The SMILES string of the molecule is CCOC(=O)c1cccc(Nc2snc(O)c2C(=N)NCC(C)O)c1. The van der Waals surface area contributed by atoms with E-state index in [1.165, 1.54) is 0 Å². The minimum absolute atomic E-state index is 0.0591. The van der Waals surface area contributed by atoms with Crippen LogP contribution >= 0.6 is 11.5 Å². The minimum Gasteiger partial charge on any atom is -0.492 e. The predicted octanol–water partition coefficient (Wildman–Crippen LogP) is 2.06. The molecule has 0 aliphatic rings. The van der Waals surface area contributed by atoms with E-state index in [0.717, 1.165) is 11.5 Å². The van der Waals surface area contributed by atoms with Gasteiger partial charge in [0.25, 0.3) is 0 Å². The first-order chi connectivity index (χ1) is 11.9. The van der Waals surface area contributed by atoms with Crippen LogP contribution in [0, 0.1) is 5.41 Å². The van der Waals surface area contributed by atoms with E-state index in [1.54, 1.807) is 38.1 Å². The fourth-order valence-corrected chi connectivity index (χ4v) is 2.72. The number of aromatic nitrogens is 1. The molecular formula is C16H20N4O4S. The van der Waals surface area contributed by atoms with Crippen molar-refractivity contribution in [3.63, 3.8) is 0 Å². The van der Waals surface area contributed by atoms with Gasteiger partial charge in [-0.1, -0.05) is 6.07 Å². The molecule has 25 heavy (non-hydrogen) atoms. The van der Waals surface area contributed by atoms with Gasteiger partial charge in [0, 0.05) is 12.2 Å². The molecule has 0 aliphatic heterocycles. The monoisotopic (exact) mass is 364 g/mol. The molecule has 2 rings (SSSR count). The highest BCUT2D eigenvalue weighted by atomic mass is 32.1. The summed E-state index contributed by atoms with van der Waals surface area (Å²) in [6.45, 7) is 3.78. The first-order valence-corrected chi connectivity index (χ1v) is 8.43. The van der Waals surface area contributed by atoms with E-state index in [0.29, 0.717) is 16.3 Å². The van der Waals surface area contributed by atoms with Gasteiger partial charge in [-0.05, 0) is 43.6 Å². The van der Waals surface area contributed by atoms with Crippen molar-refractivity contribution in [2.75, 3.05) is 18.5 Å². The normalized spacial score (nSPS) is 11.6. The predicted molar refractivity (Wildman–Crippen MR) is 96.0 cm³/mol. The molecule has 8 nitrogen and oxygen atoms in total. The zero-order valence-corrected chi connectivity index (χ0v) is 14.7. The maximum absolute atomic E-state index is 11.8. The smallest absolute Gasteiger partial charge is 0.338 e. The summed E-state index contributed by atoms with van der Waals surface area (Å²) < 4.78 is 8.82. The second-order valence-electron chi connectivity index (χ2n) is 5.24. The van der Waals surface area contributed by atoms with Crippen LogP contribution in [0.1, 0.15) is 29.8 Å². The lowest BCUT2D eigenvalue weighted by molar-refractivity contribution is 0.0526. The molecule has 0 spiro atoms. The molecule has 1 aromatic carbocycles. The van der Waals surface area contributed by atoms with Gasteiger partial charge in [-0.15, -0.1) is 0 Å². The van der Waals surface area contributed by atoms with Crippen molar-refractivity contribution in [3.05, 3.63) is 35.4 Å². The van der Waals surface area contributed by atoms with Crippen LogP contribution in [0.4, 0.5) is 10.7 Å². The van der Waals surface area contributed by atoms with Gasteiger partial charge >= 0.3 is 5.97 Å². The van der Waals surface area contributed by atoms with Crippen molar-refractivity contribution in [3.8, 4) is 5.88 Å². The molecule has 5 N–H and O–H groups in total. The molecule has 0 amide bonds. The Morgan fingerprint density at radius 1 is 1.48 bits per heavy atom. The van der Waals surface area contributed by atoms with Crippen molar-refractivity contribution in [1.82, 2.24) is 9.69 Å². The molecule has 0 fully saturated rings. The largest absolute Gasteiger partial charge is 0.492 e. The standard InChI is InChI=1S/C16H20N4O4S/c1-3-24-16(23)10-5-4-6-11(7-10)19-15-12(14(22)20-25-15)13(17)18-8-9(2)21/h4-7,9,19,21H,3,8H2,1-2H3,(H2,17,18)(H,20,22). The highest BCUT2D eigenvalue weighted by Crippen LogP contribution is 2.32. The molecule has 134 valence electrons. The van der Waals surface area contributed by atoms with E-state index < -0.39 is 12.1 Å². The van der Waals surface area contributed by atoms with E-state index >= 15 is 0 Å². The lowest BCUT2D eigenvalue weighted by Crippen LogP contribution is -2.30. The second-order valence-corrected chi connectivity index (χ2v) is 6.01. The summed E-state index contributed by atoms with van der Waals surface area (Å²) in [6.07, 6.45) is -0.633. The van der Waals surface area contributed by atoms with Crippen LogP contribution in [0.2, 0.25) is 0 Å². The van der Waals surface area contributed by atoms with E-state index in [-0.39, 0.29) is 30.4 Å². The Morgan fingerprint density at radius 3 is 2.92 bits per heavy atom. The summed E-state index contributed by atoms with van der Waals surface area (Å²) in [4.78, 5) is 11.8. The molecule has 0 bridgehead atoms. The highest BCUT2D eigenvalue weighted by Gasteiger charge is 2.19. The van der Waals surface area contributed by atoms with Crippen LogP contribution in [0.25, 0.3) is 0 Å². The Balaban J connectivity index is 2.20. The van der Waals surface area contributed by atoms with Gasteiger partial charge in [0.2, 0.25) is 5.88 Å². The van der Waals surface area contributed by atoms with Gasteiger partial charge in [0.1, 0.15) is 16.4 Å². The summed E-state index contributed by atoms with van der Waals surface area (Å²) in [5.41, 5.74) is 1.19. The van der Waals surface area contributed by atoms with Gasteiger partial charge < -0.3 is 25.6 Å². The van der Waals surface area contributed by atoms with Gasteiger partial charge in [-0.2, -0.15) is 4.37 Å². The fourth-order valence-electron chi connectivity index (χ4n) is 2.00. The van der Waals surface area contributed by atoms with Crippen molar-refractivity contribution in [2.45, 2.75) is 20.0 Å². The zero-order valence-electron chi connectivity index (χ0n) is 13.9. The number of aliphatic hydroxyl groups is 1. The molecule has 0 saturated carbocycles. The Bertz CT molecular complexity index is 760. The van der Waals surface area contributed by atoms with Crippen molar-refractivity contribution in [2.24, 2.45) is 0 Å². The van der Waals surface area contributed by atoms with Crippen LogP contribution in [0.15, 0.2) is 24.3 Å². The zero-order chi connectivity index (χ0) is 18.4. The second kappa shape index (κ2) is 8.45. The number of carbonyl (C=O) groups excluding carboxylic acids is 1. The molecule has 1 aromatic heterocycles. The number of rotatable bonds is 7. The quantitative estimate of drug-likeness (QED) is 0.289. The average molecular weight is 364 g/mol. The number of aromatic hydroxyl groups is 1. The van der Waals surface area contributed by atoms with Gasteiger partial charge in [-0.25, -0.2) is 4.79 Å². The number of aliphatic hydroxyl groups excluding tert-OH is 1. The average Bonchev–Trinajstić information content (AvgIpc) is 2.93. The first kappa shape index (κ1) is 18.7. The van der Waals surface area contributed by atoms with Crippen LogP contribution in [0.3, 0.4) is 0 Å². The Labute approximate surface area is 149 Å². The molecule has 1 unspecified atom stereocenters. The fraction of sp³-hybridized carbons (Fsp3) is 0.312. The van der Waals surface area contributed by atoms with Gasteiger partial charge in [0.15, 0.2) is 0 Å². The van der Waals surface area contributed by atoms with E-state index in [9.17, 15) is 15.0 Å². The van der Waals surface area contributed by atoms with Crippen molar-refractivity contribution < 1.29 is 19.7 Å². The van der Waals surface area contributed by atoms with Gasteiger partial charge in [0.05, 0.1) is 18.3 Å². The molecule has 1 heterocycles. The molecule has 2 aromatic rings. The minimum atomic E-state index is -0.633. The molecule has 0 aliphatic carbocycles. The summed E-state index contributed by atoms with van der Waals surface area (Å²) >= 11 is 0.987. The number of ether oxygens (including phenoxy) is 1. The number of nitrogens with one attached hydrogen (secondary N) is 3. The number of benzene rings is 1. The number of carbonyl (C=O) groups is 1. The maximum Gasteiger partial charge on any atom is 0.338 e. The number of hydrogen-bond acceptors (Lipinski definition) is 8. The number of esters is 1. The first-order valence-electron chi connectivity index (χ1n) is 7.66. The van der Waals surface area contributed by atoms with E-state index in [4.69, 9.17) is 10.1 Å². The third-order valence-electron chi connectivity index (χ3n) is 3.13. The van der Waals surface area contributed by atoms with Crippen LogP contribution < -0.4 is 10.6 Å². The highest BCUT2D eigenvalue weighted by molar-refractivity contribution is 7.11. The van der Waals surface area contributed by atoms with Crippen LogP contribution in [-0.2, 0) is 4.74 Å². The summed E-state index contributed by atoms with van der Waals surface area (Å²) in [7, 11) is 0. The Morgan fingerprint density at radius 2 is 2.24 bits per heavy atom. The molecular weight excluding hydrogens is 344 g/mol. The number of anilines is 2. The van der Waals surface area contributed by atoms with Crippen LogP contribution in [-0.4, -0.2) is 45.6 Å².